The summed E-state index contributed by atoms with van der Waals surface area (Å²) >= 11 is 6.18. The Bertz CT molecular complexity index is 554. The molecule has 0 spiro atoms. The monoisotopic (exact) mass is 261 g/mol. The Morgan fingerprint density at radius 1 is 1.28 bits per heavy atom. The third kappa shape index (κ3) is 2.93. The summed E-state index contributed by atoms with van der Waals surface area (Å²) in [7, 11) is 1.99. The van der Waals surface area contributed by atoms with Crippen molar-refractivity contribution in [1.29, 1.82) is 0 Å². The molecule has 4 heteroatoms. The Balaban J connectivity index is 2.19. The highest BCUT2D eigenvalue weighted by Gasteiger charge is 2.07. The maximum atomic E-state index is 6.18. The number of halogens is 1. The van der Waals surface area contributed by atoms with E-state index in [1.807, 2.05) is 44.3 Å². The Labute approximate surface area is 112 Å². The van der Waals surface area contributed by atoms with E-state index >= 15 is 0 Å². The number of hydrogen-bond acceptors (Lipinski definition) is 3. The van der Waals surface area contributed by atoms with Gasteiger partial charge in [-0.05, 0) is 37.3 Å². The van der Waals surface area contributed by atoms with Crippen LogP contribution in [0.25, 0.3) is 0 Å². The quantitative estimate of drug-likeness (QED) is 0.863. The number of anilines is 2. The predicted octanol–water partition coefficient (Wildman–Crippen LogP) is 3.26. The lowest BCUT2D eigenvalue weighted by Gasteiger charge is -2.20. The molecular formula is C14H16ClN3. The van der Waals surface area contributed by atoms with Crippen molar-refractivity contribution in [1.82, 2.24) is 4.98 Å². The van der Waals surface area contributed by atoms with Gasteiger partial charge in [0.1, 0.15) is 0 Å². The molecule has 94 valence electrons. The van der Waals surface area contributed by atoms with Crippen molar-refractivity contribution in [3.05, 3.63) is 52.8 Å². The van der Waals surface area contributed by atoms with Crippen LogP contribution in [0.2, 0.25) is 5.02 Å². The molecule has 0 unspecified atom stereocenters. The van der Waals surface area contributed by atoms with Crippen molar-refractivity contribution in [3.63, 3.8) is 0 Å². The van der Waals surface area contributed by atoms with Gasteiger partial charge in [-0.15, -0.1) is 0 Å². The van der Waals surface area contributed by atoms with Gasteiger partial charge in [-0.1, -0.05) is 17.7 Å². The molecule has 2 rings (SSSR count). The Kier molecular flexibility index (Phi) is 3.72. The largest absolute Gasteiger partial charge is 0.399 e. The van der Waals surface area contributed by atoms with E-state index in [1.165, 1.54) is 0 Å². The van der Waals surface area contributed by atoms with Gasteiger partial charge in [0.05, 0.1) is 22.9 Å². The lowest BCUT2D eigenvalue weighted by molar-refractivity contribution is 0.877. The van der Waals surface area contributed by atoms with E-state index in [2.05, 4.69) is 9.88 Å². The second kappa shape index (κ2) is 5.27. The second-order valence-corrected chi connectivity index (χ2v) is 4.74. The average molecular weight is 262 g/mol. The lowest BCUT2D eigenvalue weighted by Crippen LogP contribution is -2.17. The van der Waals surface area contributed by atoms with Gasteiger partial charge in [0.15, 0.2) is 0 Å². The molecule has 0 bridgehead atoms. The van der Waals surface area contributed by atoms with Gasteiger partial charge in [0, 0.05) is 18.4 Å². The lowest BCUT2D eigenvalue weighted by atomic mass is 10.2. The topological polar surface area (TPSA) is 42.1 Å². The van der Waals surface area contributed by atoms with E-state index in [9.17, 15) is 0 Å². The molecule has 0 amide bonds. The fraction of sp³-hybridized carbons (Fsp3) is 0.214. The number of rotatable bonds is 3. The third-order valence-corrected chi connectivity index (χ3v) is 3.03. The summed E-state index contributed by atoms with van der Waals surface area (Å²) in [5.74, 6) is 0. The first kappa shape index (κ1) is 12.7. The van der Waals surface area contributed by atoms with Crippen molar-refractivity contribution < 1.29 is 0 Å². The van der Waals surface area contributed by atoms with Gasteiger partial charge in [0.2, 0.25) is 0 Å². The van der Waals surface area contributed by atoms with E-state index in [1.54, 1.807) is 6.07 Å². The highest BCUT2D eigenvalue weighted by atomic mass is 35.5. The predicted molar refractivity (Wildman–Crippen MR) is 76.9 cm³/mol. The number of nitrogens with zero attached hydrogens (tertiary/aromatic N) is 2. The molecule has 0 fully saturated rings. The van der Waals surface area contributed by atoms with Crippen LogP contribution in [0.1, 0.15) is 11.4 Å². The molecule has 2 aromatic rings. The number of aryl methyl sites for hydroxylation is 1. The van der Waals surface area contributed by atoms with Crippen molar-refractivity contribution in [2.75, 3.05) is 17.7 Å². The van der Waals surface area contributed by atoms with E-state index in [4.69, 9.17) is 17.3 Å². The Morgan fingerprint density at radius 3 is 2.72 bits per heavy atom. The average Bonchev–Trinajstić information content (AvgIpc) is 2.28. The van der Waals surface area contributed by atoms with E-state index in [0.717, 1.165) is 17.1 Å². The summed E-state index contributed by atoms with van der Waals surface area (Å²) in [5, 5.41) is 0.658. The summed E-state index contributed by atoms with van der Waals surface area (Å²) in [6.07, 6.45) is 0. The highest BCUT2D eigenvalue weighted by molar-refractivity contribution is 6.33. The zero-order valence-electron chi connectivity index (χ0n) is 10.5. The number of benzene rings is 1. The van der Waals surface area contributed by atoms with Gasteiger partial charge >= 0.3 is 0 Å². The van der Waals surface area contributed by atoms with E-state index in [-0.39, 0.29) is 0 Å². The van der Waals surface area contributed by atoms with Crippen LogP contribution in [0.4, 0.5) is 11.4 Å². The number of nitrogen functional groups attached to an aromatic ring is 1. The number of hydrogen-bond donors (Lipinski definition) is 1. The summed E-state index contributed by atoms with van der Waals surface area (Å²) in [6.45, 7) is 2.70. The van der Waals surface area contributed by atoms with Crippen LogP contribution in [-0.2, 0) is 6.54 Å². The highest BCUT2D eigenvalue weighted by Crippen LogP contribution is 2.27. The van der Waals surface area contributed by atoms with E-state index in [0.29, 0.717) is 17.3 Å². The molecule has 1 heterocycles. The minimum atomic E-state index is 0.658. The van der Waals surface area contributed by atoms with Crippen LogP contribution in [0.5, 0.6) is 0 Å². The Morgan fingerprint density at radius 2 is 2.06 bits per heavy atom. The number of pyridine rings is 1. The fourth-order valence-corrected chi connectivity index (χ4v) is 2.18. The molecule has 0 saturated carbocycles. The van der Waals surface area contributed by atoms with Crippen LogP contribution in [-0.4, -0.2) is 12.0 Å². The molecule has 1 aromatic carbocycles. The summed E-state index contributed by atoms with van der Waals surface area (Å²) < 4.78 is 0. The van der Waals surface area contributed by atoms with Gasteiger partial charge in [-0.3, -0.25) is 4.98 Å². The zero-order valence-corrected chi connectivity index (χ0v) is 11.3. The molecule has 0 atom stereocenters. The molecule has 2 N–H and O–H groups in total. The molecule has 0 aliphatic heterocycles. The maximum absolute atomic E-state index is 6.18. The summed E-state index contributed by atoms with van der Waals surface area (Å²) in [6, 6.07) is 11.5. The summed E-state index contributed by atoms with van der Waals surface area (Å²) in [4.78, 5) is 6.54. The molecule has 0 aliphatic rings. The van der Waals surface area contributed by atoms with Crippen LogP contribution < -0.4 is 10.6 Å². The normalized spacial score (nSPS) is 10.4. The smallest absolute Gasteiger partial charge is 0.0660 e. The third-order valence-electron chi connectivity index (χ3n) is 2.73. The summed E-state index contributed by atoms with van der Waals surface area (Å²) in [5.41, 5.74) is 9.35. The van der Waals surface area contributed by atoms with Gasteiger partial charge in [0.25, 0.3) is 0 Å². The SMILES string of the molecule is Cc1cccc(CN(C)c2ccc(N)cc2Cl)n1. The zero-order chi connectivity index (χ0) is 13.1. The maximum Gasteiger partial charge on any atom is 0.0660 e. The number of nitrogens with two attached hydrogens (primary N) is 1. The van der Waals surface area contributed by atoms with Crippen molar-refractivity contribution in [2.24, 2.45) is 0 Å². The molecule has 0 radical (unpaired) electrons. The molecule has 18 heavy (non-hydrogen) atoms. The molecular weight excluding hydrogens is 246 g/mol. The molecule has 0 aliphatic carbocycles. The fourth-order valence-electron chi connectivity index (χ4n) is 1.85. The molecule has 1 aromatic heterocycles. The van der Waals surface area contributed by atoms with Crippen molar-refractivity contribution in [3.8, 4) is 0 Å². The standard InChI is InChI=1S/C14H16ClN3/c1-10-4-3-5-12(17-10)9-18(2)14-7-6-11(16)8-13(14)15/h3-8H,9,16H2,1-2H3. The first-order chi connectivity index (χ1) is 8.56. The van der Waals surface area contributed by atoms with Crippen LogP contribution in [0.3, 0.4) is 0 Å². The molecule has 0 saturated heterocycles. The minimum absolute atomic E-state index is 0.658. The Hall–Kier alpha value is -1.74. The molecule has 3 nitrogen and oxygen atoms in total. The van der Waals surface area contributed by atoms with Crippen LogP contribution in [0, 0.1) is 6.92 Å². The minimum Gasteiger partial charge on any atom is -0.399 e. The number of aromatic nitrogens is 1. The first-order valence-electron chi connectivity index (χ1n) is 5.75. The second-order valence-electron chi connectivity index (χ2n) is 4.34. The van der Waals surface area contributed by atoms with Gasteiger partial charge < -0.3 is 10.6 Å². The van der Waals surface area contributed by atoms with Crippen LogP contribution in [0.15, 0.2) is 36.4 Å². The van der Waals surface area contributed by atoms with Crippen LogP contribution >= 0.6 is 11.6 Å². The van der Waals surface area contributed by atoms with E-state index < -0.39 is 0 Å². The van der Waals surface area contributed by atoms with Gasteiger partial charge in [-0.25, -0.2) is 0 Å². The van der Waals surface area contributed by atoms with Crippen molar-refractivity contribution in [2.45, 2.75) is 13.5 Å². The van der Waals surface area contributed by atoms with Gasteiger partial charge in [-0.2, -0.15) is 0 Å². The first-order valence-corrected chi connectivity index (χ1v) is 6.13. The van der Waals surface area contributed by atoms with Crippen molar-refractivity contribution >= 4 is 23.0 Å².